The van der Waals surface area contributed by atoms with Crippen LogP contribution in [0.5, 0.6) is 5.75 Å². The molecule has 0 saturated heterocycles. The fraction of sp³-hybridized carbons (Fsp3) is 0.333. The predicted molar refractivity (Wildman–Crippen MR) is 66.7 cm³/mol. The van der Waals surface area contributed by atoms with Gasteiger partial charge in [0.25, 0.3) is 0 Å². The fourth-order valence-corrected chi connectivity index (χ4v) is 1.43. The SMILES string of the molecule is COc1ccc(C)cc1NC(=O)CC(=O)CCl. The Hall–Kier alpha value is -1.55. The average molecular weight is 256 g/mol. The number of rotatable bonds is 5. The first kappa shape index (κ1) is 13.5. The minimum absolute atomic E-state index is 0.154. The first-order valence-electron chi connectivity index (χ1n) is 5.09. The third-order valence-electron chi connectivity index (χ3n) is 2.14. The molecule has 1 aromatic carbocycles. The monoisotopic (exact) mass is 255 g/mol. The number of hydrogen-bond donors (Lipinski definition) is 1. The minimum Gasteiger partial charge on any atom is -0.495 e. The summed E-state index contributed by atoms with van der Waals surface area (Å²) in [4.78, 5) is 22.5. The van der Waals surface area contributed by atoms with Gasteiger partial charge in [0.1, 0.15) is 5.75 Å². The predicted octanol–water partition coefficient (Wildman–Crippen LogP) is 2.14. The van der Waals surface area contributed by atoms with Gasteiger partial charge in [-0.1, -0.05) is 6.07 Å². The second kappa shape index (κ2) is 6.25. The molecule has 0 bridgehead atoms. The van der Waals surface area contributed by atoms with Gasteiger partial charge < -0.3 is 10.1 Å². The van der Waals surface area contributed by atoms with Crippen molar-refractivity contribution in [1.82, 2.24) is 0 Å². The third kappa shape index (κ3) is 4.07. The van der Waals surface area contributed by atoms with Crippen molar-refractivity contribution in [2.45, 2.75) is 13.3 Å². The van der Waals surface area contributed by atoms with Crippen molar-refractivity contribution < 1.29 is 14.3 Å². The number of ether oxygens (including phenoxy) is 1. The van der Waals surface area contributed by atoms with Crippen LogP contribution >= 0.6 is 11.6 Å². The maximum Gasteiger partial charge on any atom is 0.231 e. The van der Waals surface area contributed by atoms with Gasteiger partial charge in [-0.3, -0.25) is 9.59 Å². The average Bonchev–Trinajstić information content (AvgIpc) is 2.29. The summed E-state index contributed by atoms with van der Waals surface area (Å²) >= 11 is 5.33. The van der Waals surface area contributed by atoms with Gasteiger partial charge in [-0.2, -0.15) is 0 Å². The summed E-state index contributed by atoms with van der Waals surface area (Å²) in [7, 11) is 1.52. The van der Waals surface area contributed by atoms with Crippen LogP contribution in [0.15, 0.2) is 18.2 Å². The zero-order valence-electron chi connectivity index (χ0n) is 9.75. The Kier molecular flexibility index (Phi) is 4.97. The van der Waals surface area contributed by atoms with E-state index >= 15 is 0 Å². The van der Waals surface area contributed by atoms with Gasteiger partial charge in [0.15, 0.2) is 5.78 Å². The van der Waals surface area contributed by atoms with Crippen LogP contribution in [-0.4, -0.2) is 24.7 Å². The fourth-order valence-electron chi connectivity index (χ4n) is 1.34. The number of carbonyl (C=O) groups excluding carboxylic acids is 2. The number of Topliss-reactive ketones (excluding diaryl/α,β-unsaturated/α-hetero) is 1. The van der Waals surface area contributed by atoms with Crippen molar-refractivity contribution in [2.24, 2.45) is 0 Å². The molecule has 1 amide bonds. The number of nitrogens with one attached hydrogen (secondary N) is 1. The second-order valence-electron chi connectivity index (χ2n) is 3.60. The van der Waals surface area contributed by atoms with Gasteiger partial charge in [-0.05, 0) is 24.6 Å². The molecule has 17 heavy (non-hydrogen) atoms. The van der Waals surface area contributed by atoms with E-state index in [4.69, 9.17) is 16.3 Å². The van der Waals surface area contributed by atoms with E-state index in [0.29, 0.717) is 11.4 Å². The first-order valence-corrected chi connectivity index (χ1v) is 5.62. The molecular weight excluding hydrogens is 242 g/mol. The highest BCUT2D eigenvalue weighted by Gasteiger charge is 2.11. The first-order chi connectivity index (χ1) is 8.06. The summed E-state index contributed by atoms with van der Waals surface area (Å²) in [5.74, 6) is -0.295. The number of carbonyl (C=O) groups is 2. The number of amides is 1. The van der Waals surface area contributed by atoms with Crippen LogP contribution in [0.1, 0.15) is 12.0 Å². The molecule has 1 N–H and O–H groups in total. The van der Waals surface area contributed by atoms with Crippen LogP contribution in [0.3, 0.4) is 0 Å². The largest absolute Gasteiger partial charge is 0.495 e. The number of anilines is 1. The molecule has 0 atom stereocenters. The van der Waals surface area contributed by atoms with E-state index in [1.165, 1.54) is 7.11 Å². The molecule has 1 aromatic rings. The van der Waals surface area contributed by atoms with Gasteiger partial charge in [0, 0.05) is 0 Å². The van der Waals surface area contributed by atoms with E-state index in [1.54, 1.807) is 12.1 Å². The van der Waals surface area contributed by atoms with Crippen molar-refractivity contribution in [3.8, 4) is 5.75 Å². The number of halogens is 1. The Morgan fingerprint density at radius 1 is 1.41 bits per heavy atom. The van der Waals surface area contributed by atoms with Gasteiger partial charge in [-0.25, -0.2) is 0 Å². The molecule has 0 saturated carbocycles. The van der Waals surface area contributed by atoms with Crippen LogP contribution in [0, 0.1) is 6.92 Å². The normalized spacial score (nSPS) is 9.82. The summed E-state index contributed by atoms with van der Waals surface area (Å²) in [5, 5.41) is 2.62. The molecule has 0 aliphatic carbocycles. The molecule has 0 radical (unpaired) electrons. The van der Waals surface area contributed by atoms with Crippen molar-refractivity contribution in [1.29, 1.82) is 0 Å². The number of hydrogen-bond acceptors (Lipinski definition) is 3. The molecule has 1 rings (SSSR count). The Bertz CT molecular complexity index is 432. The Morgan fingerprint density at radius 2 is 2.12 bits per heavy atom. The van der Waals surface area contributed by atoms with Crippen molar-refractivity contribution in [3.05, 3.63) is 23.8 Å². The maximum atomic E-state index is 11.5. The van der Waals surface area contributed by atoms with Crippen LogP contribution < -0.4 is 10.1 Å². The zero-order valence-corrected chi connectivity index (χ0v) is 10.5. The molecule has 0 heterocycles. The topological polar surface area (TPSA) is 55.4 Å². The van der Waals surface area contributed by atoms with Crippen LogP contribution in [0.25, 0.3) is 0 Å². The number of benzene rings is 1. The van der Waals surface area contributed by atoms with Gasteiger partial charge in [-0.15, -0.1) is 11.6 Å². The molecule has 0 aromatic heterocycles. The second-order valence-corrected chi connectivity index (χ2v) is 3.87. The van der Waals surface area contributed by atoms with Crippen LogP contribution in [0.2, 0.25) is 0 Å². The van der Waals surface area contributed by atoms with Crippen molar-refractivity contribution >= 4 is 29.0 Å². The number of alkyl halides is 1. The molecule has 92 valence electrons. The molecule has 0 spiro atoms. The van der Waals surface area contributed by atoms with E-state index in [9.17, 15) is 9.59 Å². The van der Waals surface area contributed by atoms with E-state index in [2.05, 4.69) is 5.32 Å². The summed E-state index contributed by atoms with van der Waals surface area (Å²) < 4.78 is 5.11. The number of ketones is 1. The van der Waals surface area contributed by atoms with Gasteiger partial charge >= 0.3 is 0 Å². The standard InChI is InChI=1S/C12H14ClNO3/c1-8-3-4-11(17-2)10(5-8)14-12(16)6-9(15)7-13/h3-5H,6-7H2,1-2H3,(H,14,16). The molecule has 0 fully saturated rings. The summed E-state index contributed by atoms with van der Waals surface area (Å²) in [6.07, 6.45) is -0.222. The lowest BCUT2D eigenvalue weighted by Gasteiger charge is -2.10. The lowest BCUT2D eigenvalue weighted by molar-refractivity contribution is -0.124. The molecule has 0 aliphatic heterocycles. The van der Waals surface area contributed by atoms with E-state index in [0.717, 1.165) is 5.56 Å². The molecule has 0 unspecified atom stereocenters. The zero-order chi connectivity index (χ0) is 12.8. The van der Waals surface area contributed by atoms with Crippen LogP contribution in [-0.2, 0) is 9.59 Å². The number of methoxy groups -OCH3 is 1. The van der Waals surface area contributed by atoms with E-state index < -0.39 is 0 Å². The minimum atomic E-state index is -0.389. The maximum absolute atomic E-state index is 11.5. The highest BCUT2D eigenvalue weighted by molar-refractivity contribution is 6.29. The smallest absolute Gasteiger partial charge is 0.231 e. The molecule has 5 heteroatoms. The summed E-state index contributed by atoms with van der Waals surface area (Å²) in [6, 6.07) is 5.41. The molecule has 4 nitrogen and oxygen atoms in total. The van der Waals surface area contributed by atoms with Crippen molar-refractivity contribution in [3.63, 3.8) is 0 Å². The molecule has 0 aliphatic rings. The summed E-state index contributed by atoms with van der Waals surface area (Å²) in [5.41, 5.74) is 1.55. The number of aryl methyl sites for hydroxylation is 1. The highest BCUT2D eigenvalue weighted by Crippen LogP contribution is 2.25. The Morgan fingerprint density at radius 3 is 2.71 bits per heavy atom. The quantitative estimate of drug-likeness (QED) is 0.648. The lowest BCUT2D eigenvalue weighted by Crippen LogP contribution is -2.17. The Balaban J connectivity index is 2.76. The lowest BCUT2D eigenvalue weighted by atomic mass is 10.2. The summed E-state index contributed by atoms with van der Waals surface area (Å²) in [6.45, 7) is 1.90. The van der Waals surface area contributed by atoms with Gasteiger partial charge in [0.05, 0.1) is 25.1 Å². The van der Waals surface area contributed by atoms with Crippen LogP contribution in [0.4, 0.5) is 5.69 Å². The highest BCUT2D eigenvalue weighted by atomic mass is 35.5. The molecular formula is C12H14ClNO3. The van der Waals surface area contributed by atoms with Crippen molar-refractivity contribution in [2.75, 3.05) is 18.3 Å². The van der Waals surface area contributed by atoms with E-state index in [-0.39, 0.29) is 24.0 Å². The van der Waals surface area contributed by atoms with Gasteiger partial charge in [0.2, 0.25) is 5.91 Å². The third-order valence-corrected chi connectivity index (χ3v) is 2.43. The Labute approximate surface area is 105 Å². The van der Waals surface area contributed by atoms with E-state index in [1.807, 2.05) is 13.0 Å².